The van der Waals surface area contributed by atoms with E-state index in [-0.39, 0.29) is 5.15 Å². The van der Waals surface area contributed by atoms with Gasteiger partial charge >= 0.3 is 0 Å². The Hall–Kier alpha value is -1.95. The van der Waals surface area contributed by atoms with Crippen LogP contribution < -0.4 is 0 Å². The summed E-state index contributed by atoms with van der Waals surface area (Å²) in [5.74, 6) is 0. The lowest BCUT2D eigenvalue weighted by molar-refractivity contribution is -0.400. The maximum atomic E-state index is 10.3. The van der Waals surface area contributed by atoms with Gasteiger partial charge in [-0.15, -0.1) is 0 Å². The summed E-state index contributed by atoms with van der Waals surface area (Å²) < 4.78 is 1.62. The third-order valence-electron chi connectivity index (χ3n) is 2.36. The van der Waals surface area contributed by atoms with Crippen molar-refractivity contribution in [1.82, 2.24) is 14.8 Å². The van der Waals surface area contributed by atoms with E-state index in [4.69, 9.17) is 11.6 Å². The highest BCUT2D eigenvalue weighted by molar-refractivity contribution is 6.31. The molecular weight excluding hydrogens is 244 g/mol. The Labute approximate surface area is 102 Å². The molecule has 88 valence electrons. The van der Waals surface area contributed by atoms with Crippen LogP contribution in [0.4, 0.5) is 0 Å². The van der Waals surface area contributed by atoms with Crippen LogP contribution in [0.2, 0.25) is 5.15 Å². The first-order valence-electron chi connectivity index (χ1n) is 4.80. The van der Waals surface area contributed by atoms with Crippen molar-refractivity contribution in [2.75, 3.05) is 0 Å². The summed E-state index contributed by atoms with van der Waals surface area (Å²) in [5.41, 5.74) is 1.97. The summed E-state index contributed by atoms with van der Waals surface area (Å²) in [4.78, 5) is 13.9. The van der Waals surface area contributed by atoms with Gasteiger partial charge in [-0.05, 0) is 13.0 Å². The van der Waals surface area contributed by atoms with Gasteiger partial charge in [0.2, 0.25) is 6.20 Å². The molecule has 17 heavy (non-hydrogen) atoms. The number of hydrogen-bond donors (Lipinski definition) is 0. The minimum absolute atomic E-state index is 0.221. The molecule has 0 N–H and O–H groups in total. The minimum Gasteiger partial charge on any atom is -0.259 e. The summed E-state index contributed by atoms with van der Waals surface area (Å²) in [5, 5.41) is 15.5. The number of aromatic nitrogens is 3. The molecule has 0 bridgehead atoms. The van der Waals surface area contributed by atoms with E-state index in [2.05, 4.69) is 10.1 Å². The topological polar surface area (TPSA) is 73.8 Å². The molecule has 0 aliphatic heterocycles. The van der Waals surface area contributed by atoms with Gasteiger partial charge in [0.1, 0.15) is 5.15 Å². The SMILES string of the molecule is Cc1nn(C)c2nc(Cl)c(C=C[N+](=O)[O-])cc12. The van der Waals surface area contributed by atoms with Gasteiger partial charge in [0, 0.05) is 24.1 Å². The van der Waals surface area contributed by atoms with Crippen LogP contribution in [0.5, 0.6) is 0 Å². The average Bonchev–Trinajstić information content (AvgIpc) is 2.51. The van der Waals surface area contributed by atoms with E-state index in [1.807, 2.05) is 6.92 Å². The first kappa shape index (κ1) is 11.5. The van der Waals surface area contributed by atoms with Crippen LogP contribution in [-0.4, -0.2) is 19.7 Å². The summed E-state index contributed by atoms with van der Waals surface area (Å²) in [7, 11) is 1.77. The van der Waals surface area contributed by atoms with E-state index in [1.54, 1.807) is 17.8 Å². The zero-order valence-electron chi connectivity index (χ0n) is 9.22. The van der Waals surface area contributed by atoms with Crippen molar-refractivity contribution < 1.29 is 4.92 Å². The van der Waals surface area contributed by atoms with Crippen molar-refractivity contribution in [3.05, 3.63) is 38.8 Å². The Morgan fingerprint density at radius 3 is 2.94 bits per heavy atom. The van der Waals surface area contributed by atoms with Crippen LogP contribution in [0.15, 0.2) is 12.3 Å². The highest BCUT2D eigenvalue weighted by Crippen LogP contribution is 2.23. The highest BCUT2D eigenvalue weighted by atomic mass is 35.5. The van der Waals surface area contributed by atoms with Crippen molar-refractivity contribution in [1.29, 1.82) is 0 Å². The Morgan fingerprint density at radius 2 is 2.29 bits per heavy atom. The van der Waals surface area contributed by atoms with Crippen molar-refractivity contribution in [2.24, 2.45) is 7.05 Å². The highest BCUT2D eigenvalue weighted by Gasteiger charge is 2.10. The minimum atomic E-state index is -0.545. The molecule has 0 aromatic carbocycles. The van der Waals surface area contributed by atoms with Crippen molar-refractivity contribution in [3.8, 4) is 0 Å². The molecule has 0 fully saturated rings. The molecule has 2 aromatic heterocycles. The molecular formula is C10H9ClN4O2. The molecule has 6 nitrogen and oxygen atoms in total. The standard InChI is InChI=1S/C10H9ClN4O2/c1-6-8-5-7(3-4-15(16)17)9(11)12-10(8)14(2)13-6/h3-5H,1-2H3. The maximum absolute atomic E-state index is 10.3. The number of halogens is 1. The van der Waals surface area contributed by atoms with Crippen LogP contribution in [0.1, 0.15) is 11.3 Å². The van der Waals surface area contributed by atoms with Crippen molar-refractivity contribution in [3.63, 3.8) is 0 Å². The van der Waals surface area contributed by atoms with Gasteiger partial charge < -0.3 is 0 Å². The fourth-order valence-electron chi connectivity index (χ4n) is 1.59. The van der Waals surface area contributed by atoms with Crippen LogP contribution in [0.25, 0.3) is 17.1 Å². The number of fused-ring (bicyclic) bond motifs is 1. The number of rotatable bonds is 2. The molecule has 0 aliphatic rings. The predicted octanol–water partition coefficient (Wildman–Crippen LogP) is 2.18. The average molecular weight is 253 g/mol. The second-order valence-electron chi connectivity index (χ2n) is 3.55. The molecule has 0 amide bonds. The first-order chi connectivity index (χ1) is 7.99. The molecule has 0 aliphatic carbocycles. The maximum Gasteiger partial charge on any atom is 0.235 e. The Balaban J connectivity index is 2.62. The molecule has 0 spiro atoms. The van der Waals surface area contributed by atoms with Gasteiger partial charge in [-0.25, -0.2) is 4.98 Å². The Bertz CT molecular complexity index is 633. The van der Waals surface area contributed by atoms with E-state index in [0.717, 1.165) is 17.3 Å². The number of nitro groups is 1. The molecule has 0 unspecified atom stereocenters. The normalized spacial score (nSPS) is 11.5. The quantitative estimate of drug-likeness (QED) is 0.466. The lowest BCUT2D eigenvalue weighted by Crippen LogP contribution is -1.93. The molecule has 2 heterocycles. The third-order valence-corrected chi connectivity index (χ3v) is 2.66. The van der Waals surface area contributed by atoms with E-state index in [1.165, 1.54) is 6.08 Å². The van der Waals surface area contributed by atoms with Gasteiger partial charge in [0.05, 0.1) is 10.6 Å². The molecule has 2 rings (SSSR count). The first-order valence-corrected chi connectivity index (χ1v) is 5.18. The van der Waals surface area contributed by atoms with E-state index >= 15 is 0 Å². The molecule has 0 saturated heterocycles. The van der Waals surface area contributed by atoms with Crippen LogP contribution in [0.3, 0.4) is 0 Å². The van der Waals surface area contributed by atoms with Crippen LogP contribution in [0, 0.1) is 17.0 Å². The second-order valence-corrected chi connectivity index (χ2v) is 3.91. The molecule has 0 saturated carbocycles. The fourth-order valence-corrected chi connectivity index (χ4v) is 1.79. The number of pyridine rings is 1. The zero-order valence-corrected chi connectivity index (χ0v) is 9.97. The summed E-state index contributed by atoms with van der Waals surface area (Å²) in [6.45, 7) is 1.85. The number of aryl methyl sites for hydroxylation is 2. The molecule has 0 radical (unpaired) electrons. The van der Waals surface area contributed by atoms with E-state index in [9.17, 15) is 10.1 Å². The fraction of sp³-hybridized carbons (Fsp3) is 0.200. The summed E-state index contributed by atoms with van der Waals surface area (Å²) in [6, 6.07) is 1.74. The molecule has 0 atom stereocenters. The van der Waals surface area contributed by atoms with Gasteiger partial charge in [0.25, 0.3) is 0 Å². The third kappa shape index (κ3) is 2.12. The lowest BCUT2D eigenvalue weighted by Gasteiger charge is -1.98. The van der Waals surface area contributed by atoms with Gasteiger partial charge in [0.15, 0.2) is 5.65 Å². The number of nitrogens with zero attached hydrogens (tertiary/aromatic N) is 4. The predicted molar refractivity (Wildman–Crippen MR) is 64.3 cm³/mol. The zero-order chi connectivity index (χ0) is 12.6. The van der Waals surface area contributed by atoms with E-state index in [0.29, 0.717) is 11.2 Å². The Morgan fingerprint density at radius 1 is 1.59 bits per heavy atom. The van der Waals surface area contributed by atoms with Crippen LogP contribution >= 0.6 is 11.6 Å². The summed E-state index contributed by atoms with van der Waals surface area (Å²) >= 11 is 5.94. The largest absolute Gasteiger partial charge is 0.259 e. The monoisotopic (exact) mass is 252 g/mol. The summed E-state index contributed by atoms with van der Waals surface area (Å²) in [6.07, 6.45) is 2.15. The second kappa shape index (κ2) is 4.14. The number of hydrogen-bond acceptors (Lipinski definition) is 4. The van der Waals surface area contributed by atoms with Crippen molar-refractivity contribution >= 4 is 28.7 Å². The smallest absolute Gasteiger partial charge is 0.235 e. The molecule has 2 aromatic rings. The molecule has 7 heteroatoms. The lowest BCUT2D eigenvalue weighted by atomic mass is 10.2. The Kier molecular flexibility index (Phi) is 2.81. The van der Waals surface area contributed by atoms with Gasteiger partial charge in [-0.3, -0.25) is 14.8 Å². The van der Waals surface area contributed by atoms with E-state index < -0.39 is 4.92 Å². The van der Waals surface area contributed by atoms with Gasteiger partial charge in [-0.1, -0.05) is 11.6 Å². The van der Waals surface area contributed by atoms with Crippen LogP contribution in [-0.2, 0) is 7.05 Å². The van der Waals surface area contributed by atoms with Crippen molar-refractivity contribution in [2.45, 2.75) is 6.92 Å². The van der Waals surface area contributed by atoms with Gasteiger partial charge in [-0.2, -0.15) is 5.10 Å².